The van der Waals surface area contributed by atoms with Gasteiger partial charge in [-0.25, -0.2) is 0 Å². The van der Waals surface area contributed by atoms with Crippen molar-refractivity contribution in [2.45, 2.75) is 39.5 Å². The van der Waals surface area contributed by atoms with Crippen LogP contribution in [0.25, 0.3) is 0 Å². The van der Waals surface area contributed by atoms with Crippen molar-refractivity contribution in [1.82, 2.24) is 0 Å². The molecular formula is C22H26N2O3. The maximum Gasteiger partial charge on any atom is 0.265 e. The van der Waals surface area contributed by atoms with Crippen LogP contribution in [0.1, 0.15) is 50.0 Å². The summed E-state index contributed by atoms with van der Waals surface area (Å²) in [5.41, 5.74) is 3.23. The predicted octanol–water partition coefficient (Wildman–Crippen LogP) is 4.37. The molecule has 0 atom stereocenters. The van der Waals surface area contributed by atoms with Gasteiger partial charge in [-0.3, -0.25) is 9.59 Å². The van der Waals surface area contributed by atoms with Crippen molar-refractivity contribution in [2.24, 2.45) is 0 Å². The highest BCUT2D eigenvalue weighted by Crippen LogP contribution is 2.34. The third-order valence-corrected chi connectivity index (χ3v) is 4.62. The predicted molar refractivity (Wildman–Crippen MR) is 108 cm³/mol. The first-order valence-electron chi connectivity index (χ1n) is 9.28. The number of anilines is 2. The van der Waals surface area contributed by atoms with E-state index >= 15 is 0 Å². The zero-order valence-corrected chi connectivity index (χ0v) is 16.3. The molecule has 1 aliphatic heterocycles. The van der Waals surface area contributed by atoms with Crippen LogP contribution in [0.4, 0.5) is 11.4 Å². The molecule has 142 valence electrons. The van der Waals surface area contributed by atoms with Crippen molar-refractivity contribution in [2.75, 3.05) is 23.4 Å². The van der Waals surface area contributed by atoms with Crippen molar-refractivity contribution in [3.05, 3.63) is 53.6 Å². The Morgan fingerprint density at radius 1 is 1.15 bits per heavy atom. The first kappa shape index (κ1) is 19.0. The summed E-state index contributed by atoms with van der Waals surface area (Å²) < 4.78 is 5.55. The minimum atomic E-state index is -0.173. The fourth-order valence-corrected chi connectivity index (χ4v) is 3.08. The van der Waals surface area contributed by atoms with E-state index in [9.17, 15) is 9.59 Å². The maximum absolute atomic E-state index is 12.5. The van der Waals surface area contributed by atoms with E-state index in [1.807, 2.05) is 37.3 Å². The van der Waals surface area contributed by atoms with Gasteiger partial charge >= 0.3 is 0 Å². The topological polar surface area (TPSA) is 58.6 Å². The van der Waals surface area contributed by atoms with E-state index in [0.717, 1.165) is 12.1 Å². The molecule has 0 bridgehead atoms. The number of benzene rings is 2. The Bertz CT molecular complexity index is 851. The molecule has 27 heavy (non-hydrogen) atoms. The van der Waals surface area contributed by atoms with Gasteiger partial charge in [0.1, 0.15) is 5.75 Å². The van der Waals surface area contributed by atoms with Crippen LogP contribution in [-0.2, 0) is 10.2 Å². The first-order chi connectivity index (χ1) is 12.8. The Morgan fingerprint density at radius 2 is 1.85 bits per heavy atom. The van der Waals surface area contributed by atoms with Gasteiger partial charge in [0.2, 0.25) is 0 Å². The summed E-state index contributed by atoms with van der Waals surface area (Å²) in [6.07, 6.45) is 0.869. The average Bonchev–Trinajstić information content (AvgIpc) is 2.63. The van der Waals surface area contributed by atoms with Crippen molar-refractivity contribution in [3.63, 3.8) is 0 Å². The molecule has 0 saturated heterocycles. The maximum atomic E-state index is 12.5. The van der Waals surface area contributed by atoms with Gasteiger partial charge in [-0.05, 0) is 41.7 Å². The lowest BCUT2D eigenvalue weighted by Crippen LogP contribution is -2.39. The zero-order chi connectivity index (χ0) is 19.6. The Morgan fingerprint density at radius 3 is 2.48 bits per heavy atom. The van der Waals surface area contributed by atoms with E-state index in [2.05, 4.69) is 26.1 Å². The molecule has 5 nitrogen and oxygen atoms in total. The zero-order valence-electron chi connectivity index (χ0n) is 16.3. The molecule has 2 amide bonds. The number of hydrogen-bond donors (Lipinski definition) is 1. The lowest BCUT2D eigenvalue weighted by atomic mass is 9.87. The Hall–Kier alpha value is -2.82. The number of ether oxygens (including phenoxy) is 1. The molecule has 0 fully saturated rings. The third-order valence-electron chi connectivity index (χ3n) is 4.62. The standard InChI is InChI=1S/C22H26N2O3/c1-5-12-24-18-11-10-17(13-19(18)27-14-20(24)25)23-21(26)15-6-8-16(9-7-15)22(2,3)4/h6-11,13H,5,12,14H2,1-4H3,(H,23,26). The van der Waals surface area contributed by atoms with Crippen molar-refractivity contribution < 1.29 is 14.3 Å². The molecule has 2 aromatic rings. The molecule has 0 aliphatic carbocycles. The number of nitrogens with one attached hydrogen (secondary N) is 1. The van der Waals surface area contributed by atoms with E-state index in [0.29, 0.717) is 23.5 Å². The molecule has 5 heteroatoms. The number of amides is 2. The van der Waals surface area contributed by atoms with Crippen LogP contribution in [0.2, 0.25) is 0 Å². The molecule has 0 spiro atoms. The third kappa shape index (κ3) is 4.13. The Kier molecular flexibility index (Phi) is 5.22. The minimum absolute atomic E-state index is 0.0265. The van der Waals surface area contributed by atoms with Gasteiger partial charge in [0, 0.05) is 23.9 Å². The monoisotopic (exact) mass is 366 g/mol. The van der Waals surface area contributed by atoms with Gasteiger partial charge in [-0.2, -0.15) is 0 Å². The quantitative estimate of drug-likeness (QED) is 0.874. The van der Waals surface area contributed by atoms with E-state index in [4.69, 9.17) is 4.74 Å². The van der Waals surface area contributed by atoms with Crippen molar-refractivity contribution >= 4 is 23.2 Å². The van der Waals surface area contributed by atoms with Crippen LogP contribution < -0.4 is 15.0 Å². The fraction of sp³-hybridized carbons (Fsp3) is 0.364. The summed E-state index contributed by atoms with van der Waals surface area (Å²) in [5.74, 6) is 0.400. The highest BCUT2D eigenvalue weighted by Gasteiger charge is 2.25. The van der Waals surface area contributed by atoms with Crippen LogP contribution in [0.5, 0.6) is 5.75 Å². The van der Waals surface area contributed by atoms with Crippen LogP contribution in [0, 0.1) is 0 Å². The lowest BCUT2D eigenvalue weighted by molar-refractivity contribution is -0.121. The molecule has 1 N–H and O–H groups in total. The van der Waals surface area contributed by atoms with Crippen LogP contribution in [-0.4, -0.2) is 25.0 Å². The molecule has 0 aromatic heterocycles. The number of carbonyl (C=O) groups excluding carboxylic acids is 2. The highest BCUT2D eigenvalue weighted by molar-refractivity contribution is 6.05. The molecule has 2 aromatic carbocycles. The van der Waals surface area contributed by atoms with Crippen LogP contribution in [0.15, 0.2) is 42.5 Å². The van der Waals surface area contributed by atoms with Crippen molar-refractivity contribution in [1.29, 1.82) is 0 Å². The number of fused-ring (bicyclic) bond motifs is 1. The van der Waals surface area contributed by atoms with E-state index in [1.54, 1.807) is 17.0 Å². The molecule has 0 radical (unpaired) electrons. The Balaban J connectivity index is 1.76. The van der Waals surface area contributed by atoms with Gasteiger partial charge in [-0.15, -0.1) is 0 Å². The van der Waals surface area contributed by atoms with Gasteiger partial charge in [0.25, 0.3) is 11.8 Å². The smallest absolute Gasteiger partial charge is 0.265 e. The Labute approximate surface area is 160 Å². The largest absolute Gasteiger partial charge is 0.481 e. The molecule has 1 aliphatic rings. The fourth-order valence-electron chi connectivity index (χ4n) is 3.08. The number of nitrogens with zero attached hydrogens (tertiary/aromatic N) is 1. The number of hydrogen-bond acceptors (Lipinski definition) is 3. The summed E-state index contributed by atoms with van der Waals surface area (Å²) in [6.45, 7) is 9.13. The molecule has 3 rings (SSSR count). The number of rotatable bonds is 4. The van der Waals surface area contributed by atoms with Crippen LogP contribution in [0.3, 0.4) is 0 Å². The van der Waals surface area contributed by atoms with E-state index < -0.39 is 0 Å². The molecular weight excluding hydrogens is 340 g/mol. The molecule has 0 saturated carbocycles. The van der Waals surface area contributed by atoms with Crippen LogP contribution >= 0.6 is 0 Å². The normalized spacial score (nSPS) is 13.8. The van der Waals surface area contributed by atoms with Crippen molar-refractivity contribution in [3.8, 4) is 5.75 Å². The SMILES string of the molecule is CCCN1C(=O)COc2cc(NC(=O)c3ccc(C(C)(C)C)cc3)ccc21. The second kappa shape index (κ2) is 7.43. The second-order valence-electron chi connectivity index (χ2n) is 7.80. The first-order valence-corrected chi connectivity index (χ1v) is 9.28. The molecule has 1 heterocycles. The van der Waals surface area contributed by atoms with Gasteiger partial charge in [-0.1, -0.05) is 39.8 Å². The van der Waals surface area contributed by atoms with Gasteiger partial charge in [0.15, 0.2) is 6.61 Å². The van der Waals surface area contributed by atoms with E-state index in [1.165, 1.54) is 5.56 Å². The summed E-state index contributed by atoms with van der Waals surface area (Å²) in [7, 11) is 0. The minimum Gasteiger partial charge on any atom is -0.481 e. The average molecular weight is 366 g/mol. The van der Waals surface area contributed by atoms with E-state index in [-0.39, 0.29) is 23.8 Å². The summed E-state index contributed by atoms with van der Waals surface area (Å²) in [4.78, 5) is 26.3. The highest BCUT2D eigenvalue weighted by atomic mass is 16.5. The van der Waals surface area contributed by atoms with Gasteiger partial charge < -0.3 is 15.0 Å². The summed E-state index contributed by atoms with van der Waals surface area (Å²) in [5, 5.41) is 2.90. The summed E-state index contributed by atoms with van der Waals surface area (Å²) >= 11 is 0. The lowest BCUT2D eigenvalue weighted by Gasteiger charge is -2.29. The second-order valence-corrected chi connectivity index (χ2v) is 7.80. The summed E-state index contributed by atoms with van der Waals surface area (Å²) in [6, 6.07) is 13.0. The van der Waals surface area contributed by atoms with Gasteiger partial charge in [0.05, 0.1) is 5.69 Å². The molecule has 0 unspecified atom stereocenters. The number of carbonyl (C=O) groups is 2.